The molecule has 4 atom stereocenters. The van der Waals surface area contributed by atoms with Crippen molar-refractivity contribution in [2.24, 2.45) is 0 Å². The van der Waals surface area contributed by atoms with Gasteiger partial charge in [0.1, 0.15) is 29.2 Å². The molecular formula is C37H34N4O8. The summed E-state index contributed by atoms with van der Waals surface area (Å²) in [5.74, 6) is 1.37. The molecule has 0 saturated carbocycles. The molecule has 5 aromatic rings. The number of amides is 1. The number of fused-ring (bicyclic) bond motifs is 1. The summed E-state index contributed by atoms with van der Waals surface area (Å²) in [4.78, 5) is 46.7. The van der Waals surface area contributed by atoms with Crippen LogP contribution < -0.4 is 20.7 Å². The highest BCUT2D eigenvalue weighted by Crippen LogP contribution is 2.45. The molecule has 0 bridgehead atoms. The highest BCUT2D eigenvalue weighted by Gasteiger charge is 2.58. The summed E-state index contributed by atoms with van der Waals surface area (Å²) in [5.41, 5.74) is 0.710. The van der Waals surface area contributed by atoms with Crippen molar-refractivity contribution in [1.82, 2.24) is 19.4 Å². The third kappa shape index (κ3) is 5.96. The average Bonchev–Trinajstić information content (AvgIpc) is 3.65. The zero-order chi connectivity index (χ0) is 34.0. The lowest BCUT2D eigenvalue weighted by Crippen LogP contribution is -2.43. The van der Waals surface area contributed by atoms with Crippen LogP contribution in [0.4, 0.5) is 4.79 Å². The van der Waals surface area contributed by atoms with Gasteiger partial charge in [0.25, 0.3) is 5.56 Å². The van der Waals surface area contributed by atoms with Gasteiger partial charge in [-0.15, -0.1) is 0 Å². The van der Waals surface area contributed by atoms with Crippen molar-refractivity contribution >= 4 is 6.09 Å². The fourth-order valence-corrected chi connectivity index (χ4v) is 6.61. The SMILES string of the molecule is COc1ccc(C(OC[C@H]2O[C@@H](n3ccc(=O)[nH]c3=O)[C@H]3[C@@H]2OC(=O)N3Cc2ccccn2)(c2ccccc2)c2ccc(OC)cc2)cc1. The van der Waals surface area contributed by atoms with Crippen LogP contribution >= 0.6 is 0 Å². The van der Waals surface area contributed by atoms with Gasteiger partial charge < -0.3 is 23.7 Å². The maximum atomic E-state index is 13.5. The molecule has 0 spiro atoms. The summed E-state index contributed by atoms with van der Waals surface area (Å²) in [6.45, 7) is 0.0749. The van der Waals surface area contributed by atoms with Crippen molar-refractivity contribution in [2.45, 2.75) is 36.6 Å². The molecular weight excluding hydrogens is 628 g/mol. The van der Waals surface area contributed by atoms with Crippen LogP contribution in [0.3, 0.4) is 0 Å². The third-order valence-corrected chi connectivity index (χ3v) is 8.96. The minimum atomic E-state index is -1.16. The molecule has 1 N–H and O–H groups in total. The number of benzene rings is 3. The Hall–Kier alpha value is -5.72. The van der Waals surface area contributed by atoms with Crippen LogP contribution in [0, 0.1) is 0 Å². The Bertz CT molecular complexity index is 1970. The number of nitrogens with zero attached hydrogens (tertiary/aromatic N) is 3. The van der Waals surface area contributed by atoms with Crippen LogP contribution in [0.2, 0.25) is 0 Å². The Morgan fingerprint density at radius 3 is 2.02 bits per heavy atom. The van der Waals surface area contributed by atoms with Crippen LogP contribution in [0.5, 0.6) is 11.5 Å². The van der Waals surface area contributed by atoms with Gasteiger partial charge in [-0.25, -0.2) is 9.59 Å². The summed E-state index contributed by atoms with van der Waals surface area (Å²) < 4.78 is 31.8. The number of carbonyl (C=O) groups is 1. The molecule has 2 aromatic heterocycles. The van der Waals surface area contributed by atoms with Crippen LogP contribution in [-0.4, -0.2) is 64.6 Å². The fourth-order valence-electron chi connectivity index (χ4n) is 6.61. The Morgan fingerprint density at radius 2 is 1.43 bits per heavy atom. The van der Waals surface area contributed by atoms with Gasteiger partial charge in [-0.1, -0.05) is 60.7 Å². The standard InChI is InChI=1S/C37H34N4O8/c1-45-28-15-11-25(12-16-28)37(24-8-4-3-5-9-24,26-13-17-29(46-2)18-14-26)47-23-30-33-32(34(48-30)40-21-19-31(42)39-35(40)43)41(36(44)49-33)22-27-10-6-7-20-38-27/h3-21,30,32-34H,22-23H2,1-2H3,(H,39,42,43)/t30-,32-,33-,34-/m1/s1. The normalized spacial score (nSPS) is 20.1. The second kappa shape index (κ2) is 13.4. The van der Waals surface area contributed by atoms with Gasteiger partial charge in [0, 0.05) is 18.5 Å². The maximum Gasteiger partial charge on any atom is 0.411 e. The summed E-state index contributed by atoms with van der Waals surface area (Å²) in [5, 5.41) is 0. The molecule has 2 saturated heterocycles. The number of aromatic nitrogens is 3. The summed E-state index contributed by atoms with van der Waals surface area (Å²) in [6.07, 6.45) is -0.202. The van der Waals surface area contributed by atoms with E-state index < -0.39 is 47.4 Å². The molecule has 12 nitrogen and oxygen atoms in total. The van der Waals surface area contributed by atoms with Crippen molar-refractivity contribution in [3.05, 3.63) is 159 Å². The van der Waals surface area contributed by atoms with E-state index in [-0.39, 0.29) is 13.2 Å². The van der Waals surface area contributed by atoms with E-state index in [1.54, 1.807) is 32.5 Å². The first-order valence-electron chi connectivity index (χ1n) is 15.7. The smallest absolute Gasteiger partial charge is 0.411 e. The van der Waals surface area contributed by atoms with Crippen LogP contribution in [0.1, 0.15) is 28.6 Å². The minimum absolute atomic E-state index is 0.0482. The van der Waals surface area contributed by atoms with Crippen molar-refractivity contribution in [1.29, 1.82) is 0 Å². The molecule has 0 radical (unpaired) electrons. The molecule has 2 aliphatic rings. The van der Waals surface area contributed by atoms with Gasteiger partial charge in [-0.3, -0.25) is 24.2 Å². The lowest BCUT2D eigenvalue weighted by Gasteiger charge is -2.37. The second-order valence-electron chi connectivity index (χ2n) is 11.7. The number of hydrogen-bond donors (Lipinski definition) is 1. The molecule has 4 heterocycles. The molecule has 1 amide bonds. The third-order valence-electron chi connectivity index (χ3n) is 8.96. The maximum absolute atomic E-state index is 13.5. The predicted octanol–water partition coefficient (Wildman–Crippen LogP) is 4.24. The van der Waals surface area contributed by atoms with Gasteiger partial charge in [-0.2, -0.15) is 0 Å². The minimum Gasteiger partial charge on any atom is -0.497 e. The number of hydrogen-bond acceptors (Lipinski definition) is 9. The van der Waals surface area contributed by atoms with Crippen molar-refractivity contribution in [3.63, 3.8) is 0 Å². The Morgan fingerprint density at radius 1 is 0.796 bits per heavy atom. The zero-order valence-corrected chi connectivity index (χ0v) is 26.8. The fraction of sp³-hybridized carbons (Fsp3) is 0.243. The second-order valence-corrected chi connectivity index (χ2v) is 11.7. The topological polar surface area (TPSA) is 134 Å². The Labute approximate surface area is 281 Å². The summed E-state index contributed by atoms with van der Waals surface area (Å²) >= 11 is 0. The lowest BCUT2D eigenvalue weighted by atomic mass is 9.80. The molecule has 49 heavy (non-hydrogen) atoms. The molecule has 0 aliphatic carbocycles. The number of carbonyl (C=O) groups excluding carboxylic acids is 1. The van der Waals surface area contributed by atoms with Crippen LogP contribution in [0.15, 0.2) is 125 Å². The number of pyridine rings is 1. The monoisotopic (exact) mass is 662 g/mol. The molecule has 250 valence electrons. The van der Waals surface area contributed by atoms with E-state index in [0.29, 0.717) is 17.2 Å². The number of ether oxygens (including phenoxy) is 5. The van der Waals surface area contributed by atoms with E-state index in [1.807, 2.05) is 84.9 Å². The summed E-state index contributed by atoms with van der Waals surface area (Å²) in [7, 11) is 3.22. The first-order chi connectivity index (χ1) is 23.9. The number of methoxy groups -OCH3 is 2. The summed E-state index contributed by atoms with van der Waals surface area (Å²) in [6, 6.07) is 31.0. The van der Waals surface area contributed by atoms with Crippen molar-refractivity contribution in [2.75, 3.05) is 20.8 Å². The lowest BCUT2D eigenvalue weighted by molar-refractivity contribution is -0.101. The first-order valence-corrected chi connectivity index (χ1v) is 15.7. The number of rotatable bonds is 11. The van der Waals surface area contributed by atoms with Crippen LogP contribution in [-0.2, 0) is 26.4 Å². The molecule has 2 aliphatic heterocycles. The van der Waals surface area contributed by atoms with E-state index in [0.717, 1.165) is 16.7 Å². The molecule has 2 fully saturated rings. The van der Waals surface area contributed by atoms with E-state index in [1.165, 1.54) is 21.7 Å². The van der Waals surface area contributed by atoms with Crippen molar-refractivity contribution < 1.29 is 28.5 Å². The largest absolute Gasteiger partial charge is 0.497 e. The highest BCUT2D eigenvalue weighted by atomic mass is 16.6. The quantitative estimate of drug-likeness (QED) is 0.206. The van der Waals surface area contributed by atoms with Crippen molar-refractivity contribution in [3.8, 4) is 11.5 Å². The Balaban J connectivity index is 1.30. The number of H-pyrrole nitrogens is 1. The van der Waals surface area contributed by atoms with E-state index in [9.17, 15) is 14.4 Å². The zero-order valence-electron chi connectivity index (χ0n) is 26.8. The average molecular weight is 663 g/mol. The van der Waals surface area contributed by atoms with E-state index >= 15 is 0 Å². The van der Waals surface area contributed by atoms with Gasteiger partial charge in [0.2, 0.25) is 0 Å². The molecule has 12 heteroatoms. The number of aromatic amines is 1. The van der Waals surface area contributed by atoms with Gasteiger partial charge in [0.15, 0.2) is 12.3 Å². The van der Waals surface area contributed by atoms with E-state index in [4.69, 9.17) is 23.7 Å². The molecule has 3 aromatic carbocycles. The van der Waals surface area contributed by atoms with Crippen LogP contribution in [0.25, 0.3) is 0 Å². The molecule has 0 unspecified atom stereocenters. The van der Waals surface area contributed by atoms with E-state index in [2.05, 4.69) is 9.97 Å². The predicted molar refractivity (Wildman–Crippen MR) is 177 cm³/mol. The Kier molecular flexibility index (Phi) is 8.72. The van der Waals surface area contributed by atoms with Gasteiger partial charge >= 0.3 is 11.8 Å². The first kappa shape index (κ1) is 31.9. The molecule has 7 rings (SSSR count). The van der Waals surface area contributed by atoms with Gasteiger partial charge in [0.05, 0.1) is 33.1 Å². The highest BCUT2D eigenvalue weighted by molar-refractivity contribution is 5.71. The van der Waals surface area contributed by atoms with Gasteiger partial charge in [-0.05, 0) is 53.1 Å². The number of nitrogens with one attached hydrogen (secondary N) is 1.